The summed E-state index contributed by atoms with van der Waals surface area (Å²) in [6, 6.07) is 0.610. The molecule has 4 rings (SSSR count). The molecule has 11 nitrogen and oxygen atoms in total. The quantitative estimate of drug-likeness (QED) is 0.400. The molecule has 1 saturated carbocycles. The largest absolute Gasteiger partial charge is 0.389 e. The van der Waals surface area contributed by atoms with Crippen molar-refractivity contribution in [2.24, 2.45) is 5.92 Å². The summed E-state index contributed by atoms with van der Waals surface area (Å²) in [5, 5.41) is 17.2. The molecule has 1 aliphatic carbocycles. The van der Waals surface area contributed by atoms with Crippen molar-refractivity contribution in [1.29, 1.82) is 0 Å². The second kappa shape index (κ2) is 10.7. The highest BCUT2D eigenvalue weighted by atomic mass is 19.4. The molecule has 0 radical (unpaired) electrons. The van der Waals surface area contributed by atoms with E-state index in [1.165, 1.54) is 4.52 Å². The van der Waals surface area contributed by atoms with E-state index in [0.29, 0.717) is 22.6 Å². The van der Waals surface area contributed by atoms with Gasteiger partial charge in [-0.2, -0.15) is 18.3 Å². The minimum Gasteiger partial charge on any atom is -0.373 e. The van der Waals surface area contributed by atoms with Gasteiger partial charge < -0.3 is 15.4 Å². The van der Waals surface area contributed by atoms with Crippen LogP contribution in [0, 0.1) is 12.8 Å². The van der Waals surface area contributed by atoms with E-state index in [1.54, 1.807) is 25.4 Å². The van der Waals surface area contributed by atoms with Crippen LogP contribution in [0.2, 0.25) is 0 Å². The summed E-state index contributed by atoms with van der Waals surface area (Å²) in [5.41, 5.74) is 1.46. The van der Waals surface area contributed by atoms with Gasteiger partial charge in [0.15, 0.2) is 11.3 Å². The highest BCUT2D eigenvalue weighted by molar-refractivity contribution is 5.93. The molecule has 14 heteroatoms. The number of nitrogens with zero attached hydrogens (tertiary/aromatic N) is 5. The summed E-state index contributed by atoms with van der Waals surface area (Å²) >= 11 is 0. The van der Waals surface area contributed by atoms with Crippen molar-refractivity contribution in [3.8, 4) is 0 Å². The molecule has 1 aliphatic rings. The number of halogens is 3. The number of carbonyl (C=O) groups is 2. The lowest BCUT2D eigenvalue weighted by molar-refractivity contribution is -0.144. The fourth-order valence-corrected chi connectivity index (χ4v) is 3.85. The number of fused-ring (bicyclic) bond motifs is 1. The lowest BCUT2D eigenvalue weighted by Crippen LogP contribution is -2.35. The Hall–Kier alpha value is -3.55. The average Bonchev–Trinajstić information content (AvgIpc) is 3.43. The first-order chi connectivity index (χ1) is 17.8. The molecule has 3 aromatic rings. The minimum atomic E-state index is -4.40. The van der Waals surface area contributed by atoms with Crippen molar-refractivity contribution >= 4 is 17.5 Å². The van der Waals surface area contributed by atoms with E-state index in [4.69, 9.17) is 4.74 Å². The number of aryl methyl sites for hydroxylation is 1. The number of imidazole rings is 1. The van der Waals surface area contributed by atoms with Crippen LogP contribution >= 0.6 is 0 Å². The van der Waals surface area contributed by atoms with Crippen LogP contribution in [0.3, 0.4) is 0 Å². The topological polar surface area (TPSA) is 137 Å². The Bertz CT molecular complexity index is 1290. The molecule has 38 heavy (non-hydrogen) atoms. The van der Waals surface area contributed by atoms with E-state index >= 15 is 0 Å². The van der Waals surface area contributed by atoms with Gasteiger partial charge in [0.05, 0.1) is 48.8 Å². The maximum Gasteiger partial charge on any atom is 0.389 e. The smallest absolute Gasteiger partial charge is 0.373 e. The SMILES string of the molecule is Cc1nonc1C(=O)N[C@@H](COC(C)(C)C)c1cn2ncc([C@@H](NC(=O)CCC(F)(F)F)C3CC3)cc2n1. The van der Waals surface area contributed by atoms with Gasteiger partial charge in [-0.1, -0.05) is 5.16 Å². The average molecular weight is 538 g/mol. The third-order valence-electron chi connectivity index (χ3n) is 5.98. The van der Waals surface area contributed by atoms with Gasteiger partial charge in [-0.3, -0.25) is 9.59 Å². The molecule has 3 heterocycles. The summed E-state index contributed by atoms with van der Waals surface area (Å²) in [5.74, 6) is -1.05. The lowest BCUT2D eigenvalue weighted by Gasteiger charge is -2.24. The highest BCUT2D eigenvalue weighted by Gasteiger charge is 2.35. The van der Waals surface area contributed by atoms with Gasteiger partial charge in [-0.05, 0) is 63.2 Å². The number of alkyl halides is 3. The summed E-state index contributed by atoms with van der Waals surface area (Å²) in [6.07, 6.45) is -1.29. The third kappa shape index (κ3) is 7.27. The predicted octanol–water partition coefficient (Wildman–Crippen LogP) is 3.62. The zero-order valence-corrected chi connectivity index (χ0v) is 21.5. The van der Waals surface area contributed by atoms with E-state index in [2.05, 4.69) is 35.7 Å². The third-order valence-corrected chi connectivity index (χ3v) is 5.98. The van der Waals surface area contributed by atoms with E-state index in [9.17, 15) is 22.8 Å². The van der Waals surface area contributed by atoms with Crippen LogP contribution in [0.25, 0.3) is 5.65 Å². The number of nitrogens with one attached hydrogen (secondary N) is 2. The number of rotatable bonds is 10. The first kappa shape index (κ1) is 27.5. The van der Waals surface area contributed by atoms with Crippen molar-refractivity contribution in [3.63, 3.8) is 0 Å². The summed E-state index contributed by atoms with van der Waals surface area (Å²) in [7, 11) is 0. The maximum atomic E-state index is 12.8. The lowest BCUT2D eigenvalue weighted by atomic mass is 10.0. The summed E-state index contributed by atoms with van der Waals surface area (Å²) in [6.45, 7) is 7.36. The fraction of sp³-hybridized carbons (Fsp3) is 0.583. The Morgan fingerprint density at radius 1 is 1.21 bits per heavy atom. The van der Waals surface area contributed by atoms with Crippen LogP contribution in [0.15, 0.2) is 23.1 Å². The molecular weight excluding hydrogens is 507 g/mol. The number of ether oxygens (including phenoxy) is 1. The van der Waals surface area contributed by atoms with Gasteiger partial charge in [0.1, 0.15) is 5.69 Å². The number of hydrogen-bond donors (Lipinski definition) is 2. The molecular formula is C24H30F3N7O4. The normalized spacial score (nSPS) is 15.9. The number of hydrogen-bond acceptors (Lipinski definition) is 8. The second-order valence-corrected chi connectivity index (χ2v) is 10.4. The van der Waals surface area contributed by atoms with Crippen molar-refractivity contribution in [1.82, 2.24) is 35.5 Å². The molecule has 0 spiro atoms. The molecule has 3 aromatic heterocycles. The minimum absolute atomic E-state index is 0.0449. The molecule has 1 fully saturated rings. The molecule has 2 N–H and O–H groups in total. The summed E-state index contributed by atoms with van der Waals surface area (Å²) < 4.78 is 49.7. The molecule has 0 aromatic carbocycles. The van der Waals surface area contributed by atoms with Gasteiger partial charge in [0.25, 0.3) is 5.91 Å². The van der Waals surface area contributed by atoms with Crippen molar-refractivity contribution in [2.45, 2.75) is 77.2 Å². The first-order valence-corrected chi connectivity index (χ1v) is 12.2. The molecule has 0 bridgehead atoms. The maximum absolute atomic E-state index is 12.8. The number of carbonyl (C=O) groups excluding carboxylic acids is 2. The van der Waals surface area contributed by atoms with Crippen molar-refractivity contribution < 1.29 is 32.1 Å². The molecule has 2 amide bonds. The molecule has 2 atom stereocenters. The second-order valence-electron chi connectivity index (χ2n) is 10.4. The van der Waals surface area contributed by atoms with Gasteiger partial charge in [0.2, 0.25) is 5.91 Å². The van der Waals surface area contributed by atoms with Crippen LogP contribution < -0.4 is 10.6 Å². The van der Waals surface area contributed by atoms with Gasteiger partial charge in [-0.25, -0.2) is 14.1 Å². The van der Waals surface area contributed by atoms with Crippen LogP contribution in [-0.2, 0) is 9.53 Å². The Labute approximate surface area is 216 Å². The van der Waals surface area contributed by atoms with Crippen molar-refractivity contribution in [2.75, 3.05) is 6.61 Å². The van der Waals surface area contributed by atoms with Crippen LogP contribution in [0.5, 0.6) is 0 Å². The molecule has 0 unspecified atom stereocenters. The fourth-order valence-electron chi connectivity index (χ4n) is 3.85. The predicted molar refractivity (Wildman–Crippen MR) is 127 cm³/mol. The van der Waals surface area contributed by atoms with Gasteiger partial charge >= 0.3 is 6.18 Å². The Balaban J connectivity index is 1.55. The standard InChI is InChI=1S/C24H30F3N7O4/c1-13-20(33-38-32-13)22(36)30-17(12-37-23(2,3)4)16-11-34-18(29-16)9-15(10-28-34)21(14-5-6-14)31-19(35)7-8-24(25,26)27/h9-11,14,17,21H,5-8,12H2,1-4H3,(H,30,36)(H,31,35)/t17-,21-/m0/s1. The monoisotopic (exact) mass is 537 g/mol. The van der Waals surface area contributed by atoms with E-state index in [0.717, 1.165) is 12.8 Å². The summed E-state index contributed by atoms with van der Waals surface area (Å²) in [4.78, 5) is 29.6. The zero-order chi connectivity index (χ0) is 27.7. The Kier molecular flexibility index (Phi) is 7.72. The van der Waals surface area contributed by atoms with Crippen LogP contribution in [0.1, 0.15) is 86.0 Å². The van der Waals surface area contributed by atoms with E-state index < -0.39 is 48.5 Å². The van der Waals surface area contributed by atoms with E-state index in [-0.39, 0.29) is 18.2 Å². The Morgan fingerprint density at radius 3 is 2.55 bits per heavy atom. The highest BCUT2D eigenvalue weighted by Crippen LogP contribution is 2.41. The Morgan fingerprint density at radius 2 is 1.95 bits per heavy atom. The van der Waals surface area contributed by atoms with Crippen LogP contribution in [0.4, 0.5) is 13.2 Å². The molecule has 206 valence electrons. The van der Waals surface area contributed by atoms with Gasteiger partial charge in [0, 0.05) is 6.42 Å². The number of amides is 2. The zero-order valence-electron chi connectivity index (χ0n) is 21.5. The van der Waals surface area contributed by atoms with Crippen LogP contribution in [-0.4, -0.2) is 55.1 Å². The number of aromatic nitrogens is 5. The molecule has 0 saturated heterocycles. The molecule has 0 aliphatic heterocycles. The first-order valence-electron chi connectivity index (χ1n) is 12.2. The van der Waals surface area contributed by atoms with Gasteiger partial charge in [-0.15, -0.1) is 0 Å². The van der Waals surface area contributed by atoms with E-state index in [1.807, 2.05) is 20.8 Å². The van der Waals surface area contributed by atoms with Crippen molar-refractivity contribution in [3.05, 3.63) is 41.1 Å².